The molecule has 3 aliphatic rings. The van der Waals surface area contributed by atoms with Crippen LogP contribution in [0.2, 0.25) is 0 Å². The van der Waals surface area contributed by atoms with Gasteiger partial charge in [0, 0.05) is 56.0 Å². The highest BCUT2D eigenvalue weighted by molar-refractivity contribution is 6.06. The molecule has 272 valence electrons. The zero-order valence-electron chi connectivity index (χ0n) is 29.0. The molecule has 3 fully saturated rings. The molecule has 4 aromatic heterocycles. The molecule has 7 heterocycles. The molecule has 52 heavy (non-hydrogen) atoms. The van der Waals surface area contributed by atoms with Crippen molar-refractivity contribution in [2.75, 3.05) is 68.8 Å². The van der Waals surface area contributed by atoms with Crippen molar-refractivity contribution in [3.8, 4) is 22.8 Å². The van der Waals surface area contributed by atoms with E-state index < -0.39 is 36.0 Å². The van der Waals surface area contributed by atoms with Crippen molar-refractivity contribution in [1.82, 2.24) is 19.9 Å². The number of carbonyl (C=O) groups is 1. The van der Waals surface area contributed by atoms with Gasteiger partial charge in [-0.05, 0) is 31.2 Å². The van der Waals surface area contributed by atoms with E-state index in [1.165, 1.54) is 4.90 Å². The molecule has 3 aliphatic heterocycles. The van der Waals surface area contributed by atoms with Gasteiger partial charge in [-0.3, -0.25) is 0 Å². The number of anilines is 3. The van der Waals surface area contributed by atoms with Gasteiger partial charge < -0.3 is 43.2 Å². The second-order valence-electron chi connectivity index (χ2n) is 13.4. The van der Waals surface area contributed by atoms with Gasteiger partial charge in [-0.15, -0.1) is 0 Å². The lowest BCUT2D eigenvalue weighted by Gasteiger charge is -2.53. The third-order valence-corrected chi connectivity index (χ3v) is 10.1. The lowest BCUT2D eigenvalue weighted by atomic mass is 9.90. The van der Waals surface area contributed by atoms with Crippen LogP contribution in [-0.4, -0.2) is 109 Å². The smallest absolute Gasteiger partial charge is 0.326 e. The van der Waals surface area contributed by atoms with Crippen molar-refractivity contribution in [2.24, 2.45) is 0 Å². The topological polar surface area (TPSA) is 149 Å². The van der Waals surface area contributed by atoms with Crippen molar-refractivity contribution >= 4 is 45.4 Å². The van der Waals surface area contributed by atoms with E-state index in [9.17, 15) is 18.7 Å². The number of morpholine rings is 1. The highest BCUT2D eigenvalue weighted by atomic mass is 19.3. The van der Waals surface area contributed by atoms with E-state index in [0.29, 0.717) is 54.6 Å². The van der Waals surface area contributed by atoms with E-state index in [0.717, 1.165) is 11.1 Å². The number of methoxy groups -OCH3 is 1. The van der Waals surface area contributed by atoms with E-state index in [-0.39, 0.29) is 41.8 Å². The Kier molecular flexibility index (Phi) is 8.45. The van der Waals surface area contributed by atoms with E-state index in [2.05, 4.69) is 26.8 Å². The standard InChI is InChI=1S/C36H37F2N7O7/c1-19-36(17-49-18-36)50-12-11-44(19)24-13-20(22-9-10-39-32(43(2)3)28(22)48-4)15-40-34(24)51-21-14-25(35(46)47)45(16-21)33-29-27(41-31(42-33)30(37)38)23-7-5-6-8-26(23)52-29/h5-10,13,15,19,21,25,30H,11-12,14,16-18H2,1-4H3,(H,46,47)/t19-,21-,25-/m0/s1. The zero-order chi connectivity index (χ0) is 36.3. The van der Waals surface area contributed by atoms with Gasteiger partial charge in [0.1, 0.15) is 34.5 Å². The van der Waals surface area contributed by atoms with Crippen LogP contribution in [0.25, 0.3) is 33.2 Å². The van der Waals surface area contributed by atoms with Crippen LogP contribution in [0.5, 0.6) is 11.6 Å². The number of hydrogen-bond donors (Lipinski definition) is 1. The summed E-state index contributed by atoms with van der Waals surface area (Å²) in [5.41, 5.74) is 2.44. The number of fused-ring (bicyclic) bond motifs is 3. The van der Waals surface area contributed by atoms with Crippen LogP contribution < -0.4 is 24.2 Å². The Hall–Kier alpha value is -5.35. The first-order valence-electron chi connectivity index (χ1n) is 16.9. The number of carboxylic acids is 1. The van der Waals surface area contributed by atoms with Crippen molar-refractivity contribution in [3.05, 3.63) is 54.6 Å². The molecule has 1 N–H and O–H groups in total. The maximum absolute atomic E-state index is 14.1. The zero-order valence-corrected chi connectivity index (χ0v) is 29.0. The lowest BCUT2D eigenvalue weighted by Crippen LogP contribution is -2.68. The molecule has 0 unspecified atom stereocenters. The lowest BCUT2D eigenvalue weighted by molar-refractivity contribution is -0.228. The summed E-state index contributed by atoms with van der Waals surface area (Å²) >= 11 is 0. The number of carboxylic acid groups (broad SMARTS) is 1. The number of nitrogens with zero attached hydrogens (tertiary/aromatic N) is 7. The summed E-state index contributed by atoms with van der Waals surface area (Å²) in [7, 11) is 5.36. The molecule has 14 nitrogen and oxygen atoms in total. The van der Waals surface area contributed by atoms with Crippen LogP contribution in [-0.2, 0) is 14.3 Å². The first kappa shape index (κ1) is 33.8. The molecule has 8 rings (SSSR count). The highest BCUT2D eigenvalue weighted by Gasteiger charge is 2.50. The largest absolute Gasteiger partial charge is 0.492 e. The summed E-state index contributed by atoms with van der Waals surface area (Å²) < 4.78 is 58.5. The fourth-order valence-corrected chi connectivity index (χ4v) is 7.37. The predicted molar refractivity (Wildman–Crippen MR) is 187 cm³/mol. The summed E-state index contributed by atoms with van der Waals surface area (Å²) in [5.74, 6) is -0.402. The van der Waals surface area contributed by atoms with Crippen LogP contribution in [0.3, 0.4) is 0 Å². The van der Waals surface area contributed by atoms with Gasteiger partial charge in [-0.25, -0.2) is 33.5 Å². The number of rotatable bonds is 9. The van der Waals surface area contributed by atoms with Gasteiger partial charge in [-0.1, -0.05) is 12.1 Å². The van der Waals surface area contributed by atoms with Gasteiger partial charge in [0.05, 0.1) is 39.5 Å². The van der Waals surface area contributed by atoms with Crippen LogP contribution >= 0.6 is 0 Å². The monoisotopic (exact) mass is 717 g/mol. The maximum Gasteiger partial charge on any atom is 0.326 e. The molecular weight excluding hydrogens is 680 g/mol. The number of pyridine rings is 2. The predicted octanol–water partition coefficient (Wildman–Crippen LogP) is 4.95. The fraction of sp³-hybridized carbons (Fsp3) is 0.417. The molecular formula is C36H37F2N7O7. The summed E-state index contributed by atoms with van der Waals surface area (Å²) in [4.78, 5) is 35.8. The maximum atomic E-state index is 14.1. The summed E-state index contributed by atoms with van der Waals surface area (Å²) in [6.07, 6.45) is -0.292. The van der Waals surface area contributed by atoms with Gasteiger partial charge >= 0.3 is 5.97 Å². The minimum Gasteiger partial charge on any atom is -0.492 e. The third kappa shape index (κ3) is 5.56. The third-order valence-electron chi connectivity index (χ3n) is 10.1. The number of furan rings is 1. The molecule has 3 atom stereocenters. The first-order chi connectivity index (χ1) is 25.1. The molecule has 0 amide bonds. The fourth-order valence-electron chi connectivity index (χ4n) is 7.37. The molecule has 0 aliphatic carbocycles. The number of hydrogen-bond acceptors (Lipinski definition) is 13. The Labute approximate surface area is 296 Å². The second-order valence-corrected chi connectivity index (χ2v) is 13.4. The summed E-state index contributed by atoms with van der Waals surface area (Å²) in [6.45, 7) is 3.97. The van der Waals surface area contributed by atoms with Crippen LogP contribution in [0.1, 0.15) is 25.6 Å². The highest BCUT2D eigenvalue weighted by Crippen LogP contribution is 2.44. The average molecular weight is 718 g/mol. The second kappa shape index (κ2) is 13.0. The van der Waals surface area contributed by atoms with E-state index in [4.69, 9.17) is 28.3 Å². The van der Waals surface area contributed by atoms with Gasteiger partial charge in [-0.2, -0.15) is 0 Å². The molecule has 5 aromatic rings. The normalized spacial score (nSPS) is 21.2. The quantitative estimate of drug-likeness (QED) is 0.219. The molecule has 1 aromatic carbocycles. The van der Waals surface area contributed by atoms with Crippen molar-refractivity contribution in [1.29, 1.82) is 0 Å². The Balaban J connectivity index is 1.19. The van der Waals surface area contributed by atoms with Crippen molar-refractivity contribution in [3.63, 3.8) is 0 Å². The Morgan fingerprint density at radius 1 is 1.13 bits per heavy atom. The van der Waals surface area contributed by atoms with Crippen molar-refractivity contribution < 1.29 is 42.0 Å². The Morgan fingerprint density at radius 3 is 2.65 bits per heavy atom. The van der Waals surface area contributed by atoms with Crippen molar-refractivity contribution in [2.45, 2.75) is 43.6 Å². The molecule has 3 saturated heterocycles. The minimum atomic E-state index is -2.99. The number of aliphatic carboxylic acids is 1. The number of ether oxygens (including phenoxy) is 4. The SMILES string of the molecule is COc1c(-c2cnc(O[C@H]3C[C@@H](C(=O)O)N(c4nc(C(F)F)nc5c4oc4ccccc45)C3)c(N3CCOC4(COC4)[C@@H]3C)c2)ccnc1N(C)C. The summed E-state index contributed by atoms with van der Waals surface area (Å²) in [5, 5.41) is 10.9. The number of halogens is 2. The summed E-state index contributed by atoms with van der Waals surface area (Å²) in [6, 6.07) is 9.47. The van der Waals surface area contributed by atoms with Gasteiger partial charge in [0.2, 0.25) is 5.88 Å². The Morgan fingerprint density at radius 2 is 1.94 bits per heavy atom. The van der Waals surface area contributed by atoms with Crippen LogP contribution in [0, 0.1) is 0 Å². The molecule has 0 saturated carbocycles. The van der Waals surface area contributed by atoms with E-state index >= 15 is 0 Å². The van der Waals surface area contributed by atoms with Crippen LogP contribution in [0.4, 0.5) is 26.1 Å². The first-order valence-corrected chi connectivity index (χ1v) is 16.9. The van der Waals surface area contributed by atoms with Gasteiger partial charge in [0.25, 0.3) is 6.43 Å². The molecule has 16 heteroatoms. The number of para-hydroxylation sites is 1. The molecule has 0 bridgehead atoms. The van der Waals surface area contributed by atoms with E-state index in [1.807, 2.05) is 31.1 Å². The van der Waals surface area contributed by atoms with E-state index in [1.54, 1.807) is 43.8 Å². The van der Waals surface area contributed by atoms with Gasteiger partial charge in [0.15, 0.2) is 28.8 Å². The minimum absolute atomic E-state index is 0.00644. The van der Waals surface area contributed by atoms with Crippen LogP contribution in [0.15, 0.2) is 53.2 Å². The Bertz CT molecular complexity index is 2160. The number of benzene rings is 1. The average Bonchev–Trinajstić information content (AvgIpc) is 3.72. The number of aromatic nitrogens is 4. The molecule has 1 spiro atoms. The molecule has 0 radical (unpaired) electrons. The number of alkyl halides is 2.